The van der Waals surface area contributed by atoms with Crippen LogP contribution in [-0.2, 0) is 12.7 Å². The number of hydrogen-bond acceptors (Lipinski definition) is 2. The highest BCUT2D eigenvalue weighted by Gasteiger charge is 2.33. The number of anilines is 2. The van der Waals surface area contributed by atoms with E-state index >= 15 is 0 Å². The molecule has 1 aliphatic heterocycles. The second-order valence-corrected chi connectivity index (χ2v) is 7.18. The molecule has 8 heteroatoms. The molecule has 0 amide bonds. The molecule has 0 atom stereocenters. The molecule has 0 aliphatic carbocycles. The Morgan fingerprint density at radius 2 is 1.74 bits per heavy atom. The molecule has 1 aliphatic rings. The summed E-state index contributed by atoms with van der Waals surface area (Å²) < 4.78 is 38.7. The van der Waals surface area contributed by atoms with Crippen LogP contribution in [0.1, 0.15) is 24.0 Å². The third-order valence-electron chi connectivity index (χ3n) is 4.39. The first-order valence-electron chi connectivity index (χ1n) is 8.58. The van der Waals surface area contributed by atoms with Gasteiger partial charge in [0.25, 0.3) is 0 Å². The van der Waals surface area contributed by atoms with Crippen molar-refractivity contribution in [1.29, 1.82) is 0 Å². The average molecular weight is 414 g/mol. The highest BCUT2D eigenvalue weighted by atomic mass is 35.5. The number of halogens is 4. The third-order valence-corrected chi connectivity index (χ3v) is 4.97. The molecule has 0 radical (unpaired) electrons. The number of nitrogens with one attached hydrogen (secondary N) is 2. The molecule has 3 nitrogen and oxygen atoms in total. The highest BCUT2D eigenvalue weighted by molar-refractivity contribution is 7.80. The molecule has 27 heavy (non-hydrogen) atoms. The van der Waals surface area contributed by atoms with E-state index < -0.39 is 11.7 Å². The molecule has 3 rings (SSSR count). The number of benzene rings is 2. The molecule has 0 bridgehead atoms. The molecule has 2 aromatic rings. The van der Waals surface area contributed by atoms with Crippen molar-refractivity contribution >= 4 is 40.3 Å². The largest absolute Gasteiger partial charge is 0.417 e. The van der Waals surface area contributed by atoms with Crippen LogP contribution < -0.4 is 15.5 Å². The zero-order chi connectivity index (χ0) is 19.4. The zero-order valence-electron chi connectivity index (χ0n) is 14.4. The second-order valence-electron chi connectivity index (χ2n) is 6.36. The van der Waals surface area contributed by atoms with Crippen LogP contribution in [0, 0.1) is 0 Å². The SMILES string of the molecule is FC(F)(F)c1cc(NC(=S)NCc2ccc(N3CCCC3)cc2)ccc1Cl. The lowest BCUT2D eigenvalue weighted by molar-refractivity contribution is -0.137. The van der Waals surface area contributed by atoms with Gasteiger partial charge in [0.2, 0.25) is 0 Å². The van der Waals surface area contributed by atoms with Crippen LogP contribution in [-0.4, -0.2) is 18.2 Å². The summed E-state index contributed by atoms with van der Waals surface area (Å²) >= 11 is 10.8. The summed E-state index contributed by atoms with van der Waals surface area (Å²) in [6.45, 7) is 2.66. The van der Waals surface area contributed by atoms with Crippen molar-refractivity contribution in [2.45, 2.75) is 25.6 Å². The van der Waals surface area contributed by atoms with E-state index in [1.807, 2.05) is 12.1 Å². The minimum atomic E-state index is -4.51. The van der Waals surface area contributed by atoms with Crippen LogP contribution in [0.15, 0.2) is 42.5 Å². The summed E-state index contributed by atoms with van der Waals surface area (Å²) in [6.07, 6.45) is -2.06. The van der Waals surface area contributed by atoms with Gasteiger partial charge in [-0.3, -0.25) is 0 Å². The van der Waals surface area contributed by atoms with Gasteiger partial charge in [-0.2, -0.15) is 13.2 Å². The van der Waals surface area contributed by atoms with E-state index in [1.165, 1.54) is 30.7 Å². The van der Waals surface area contributed by atoms with E-state index in [2.05, 4.69) is 27.7 Å². The van der Waals surface area contributed by atoms with Crippen LogP contribution in [0.3, 0.4) is 0 Å². The predicted molar refractivity (Wildman–Crippen MR) is 107 cm³/mol. The summed E-state index contributed by atoms with van der Waals surface area (Å²) in [4.78, 5) is 2.35. The third kappa shape index (κ3) is 5.26. The molecule has 2 N–H and O–H groups in total. The van der Waals surface area contributed by atoms with Crippen molar-refractivity contribution in [2.75, 3.05) is 23.3 Å². The number of alkyl halides is 3. The van der Waals surface area contributed by atoms with Crippen LogP contribution in [0.2, 0.25) is 5.02 Å². The molecule has 0 saturated carbocycles. The Labute approximate surface area is 166 Å². The van der Waals surface area contributed by atoms with Crippen LogP contribution in [0.4, 0.5) is 24.5 Å². The normalized spacial score (nSPS) is 14.3. The monoisotopic (exact) mass is 413 g/mol. The van der Waals surface area contributed by atoms with E-state index in [0.29, 0.717) is 6.54 Å². The maximum atomic E-state index is 12.9. The smallest absolute Gasteiger partial charge is 0.372 e. The Balaban J connectivity index is 1.55. The van der Waals surface area contributed by atoms with E-state index in [-0.39, 0.29) is 15.8 Å². The van der Waals surface area contributed by atoms with Gasteiger partial charge in [0, 0.05) is 31.0 Å². The predicted octanol–water partition coefficient (Wildman–Crippen LogP) is 5.45. The standard InChI is InChI=1S/C19H19ClF3N3S/c20-17-8-5-14(11-16(17)19(21,22)23)25-18(27)24-12-13-3-6-15(7-4-13)26-9-1-2-10-26/h3-8,11H,1-2,9-10,12H2,(H2,24,25,27). The molecular formula is C19H19ClF3N3S. The number of rotatable bonds is 4. The molecule has 1 fully saturated rings. The maximum absolute atomic E-state index is 12.9. The lowest BCUT2D eigenvalue weighted by Gasteiger charge is -2.18. The van der Waals surface area contributed by atoms with Gasteiger partial charge in [0.15, 0.2) is 5.11 Å². The minimum absolute atomic E-state index is 0.230. The number of nitrogens with zero attached hydrogens (tertiary/aromatic N) is 1. The topological polar surface area (TPSA) is 27.3 Å². The maximum Gasteiger partial charge on any atom is 0.417 e. The van der Waals surface area contributed by atoms with Gasteiger partial charge in [-0.25, -0.2) is 0 Å². The van der Waals surface area contributed by atoms with E-state index in [1.54, 1.807) is 0 Å². The second kappa shape index (κ2) is 8.35. The Kier molecular flexibility index (Phi) is 6.11. The van der Waals surface area contributed by atoms with Gasteiger partial charge in [-0.1, -0.05) is 23.7 Å². The van der Waals surface area contributed by atoms with Crippen LogP contribution in [0.25, 0.3) is 0 Å². The fourth-order valence-electron chi connectivity index (χ4n) is 2.98. The Morgan fingerprint density at radius 3 is 2.37 bits per heavy atom. The van der Waals surface area contributed by atoms with Gasteiger partial charge in [0.1, 0.15) is 0 Å². The first kappa shape index (κ1) is 19.8. The zero-order valence-corrected chi connectivity index (χ0v) is 16.0. The molecule has 1 saturated heterocycles. The molecular weight excluding hydrogens is 395 g/mol. The molecule has 0 aromatic heterocycles. The van der Waals surface area contributed by atoms with E-state index in [0.717, 1.165) is 24.7 Å². The van der Waals surface area contributed by atoms with Crippen molar-refractivity contribution < 1.29 is 13.2 Å². The Bertz CT molecular complexity index is 803. The molecule has 1 heterocycles. The number of thiocarbonyl (C=S) groups is 1. The summed E-state index contributed by atoms with van der Waals surface area (Å²) in [7, 11) is 0. The molecule has 0 unspecified atom stereocenters. The summed E-state index contributed by atoms with van der Waals surface area (Å²) in [6, 6.07) is 11.8. The first-order chi connectivity index (χ1) is 12.8. The van der Waals surface area contributed by atoms with Gasteiger partial charge in [-0.05, 0) is 61.0 Å². The van der Waals surface area contributed by atoms with Crippen molar-refractivity contribution in [2.24, 2.45) is 0 Å². The lowest BCUT2D eigenvalue weighted by Crippen LogP contribution is -2.28. The van der Waals surface area contributed by atoms with Crippen molar-refractivity contribution in [1.82, 2.24) is 5.32 Å². The van der Waals surface area contributed by atoms with Gasteiger partial charge in [-0.15, -0.1) is 0 Å². The highest BCUT2D eigenvalue weighted by Crippen LogP contribution is 2.36. The first-order valence-corrected chi connectivity index (χ1v) is 9.37. The fourth-order valence-corrected chi connectivity index (χ4v) is 3.39. The summed E-state index contributed by atoms with van der Waals surface area (Å²) in [5.41, 5.74) is 1.58. The van der Waals surface area contributed by atoms with Crippen molar-refractivity contribution in [3.05, 3.63) is 58.6 Å². The van der Waals surface area contributed by atoms with E-state index in [9.17, 15) is 13.2 Å². The Morgan fingerprint density at radius 1 is 1.07 bits per heavy atom. The van der Waals surface area contributed by atoms with E-state index in [4.69, 9.17) is 23.8 Å². The van der Waals surface area contributed by atoms with Crippen molar-refractivity contribution in [3.63, 3.8) is 0 Å². The number of hydrogen-bond donors (Lipinski definition) is 2. The quantitative estimate of drug-likeness (QED) is 0.652. The van der Waals surface area contributed by atoms with Crippen LogP contribution in [0.5, 0.6) is 0 Å². The van der Waals surface area contributed by atoms with Crippen LogP contribution >= 0.6 is 23.8 Å². The molecule has 0 spiro atoms. The minimum Gasteiger partial charge on any atom is -0.372 e. The van der Waals surface area contributed by atoms with Gasteiger partial charge < -0.3 is 15.5 Å². The fraction of sp³-hybridized carbons (Fsp3) is 0.316. The Hall–Kier alpha value is -1.99. The molecule has 144 valence electrons. The lowest BCUT2D eigenvalue weighted by atomic mass is 10.2. The van der Waals surface area contributed by atoms with Crippen molar-refractivity contribution in [3.8, 4) is 0 Å². The van der Waals surface area contributed by atoms with Gasteiger partial charge in [0.05, 0.1) is 10.6 Å². The molecule has 2 aromatic carbocycles. The summed E-state index contributed by atoms with van der Waals surface area (Å²) in [5.74, 6) is 0. The van der Waals surface area contributed by atoms with Gasteiger partial charge >= 0.3 is 6.18 Å². The summed E-state index contributed by atoms with van der Waals surface area (Å²) in [5, 5.41) is 5.67. The average Bonchev–Trinajstić information content (AvgIpc) is 3.16.